The molecule has 2 aromatic carbocycles. The average molecular weight is 507 g/mol. The molecule has 0 aromatic heterocycles. The largest absolute Gasteiger partial charge is 0.325 e. The molecule has 1 fully saturated rings. The summed E-state index contributed by atoms with van der Waals surface area (Å²) in [4.78, 5) is 13.4. The van der Waals surface area contributed by atoms with Gasteiger partial charge in [-0.25, -0.2) is 8.42 Å². The van der Waals surface area contributed by atoms with E-state index >= 15 is 0 Å². The SMILES string of the molecule is CCc1cc(Br)cc(C)c1NC(=O)C1CCN(S(=O)(=O)c2c(C)cc(C)cc2C)CC1. The number of hydrogen-bond acceptors (Lipinski definition) is 3. The highest BCUT2D eigenvalue weighted by atomic mass is 79.9. The number of carbonyl (C=O) groups is 1. The van der Waals surface area contributed by atoms with Crippen molar-refractivity contribution in [1.29, 1.82) is 0 Å². The van der Waals surface area contributed by atoms with Crippen molar-refractivity contribution >= 4 is 37.5 Å². The number of benzene rings is 2. The molecule has 2 aromatic rings. The third kappa shape index (κ3) is 5.04. The van der Waals surface area contributed by atoms with Crippen LogP contribution in [0.4, 0.5) is 5.69 Å². The molecule has 7 heteroatoms. The van der Waals surface area contributed by atoms with Gasteiger partial charge in [0.25, 0.3) is 0 Å². The van der Waals surface area contributed by atoms with Gasteiger partial charge in [0.05, 0.1) is 4.90 Å². The lowest BCUT2D eigenvalue weighted by molar-refractivity contribution is -0.120. The van der Waals surface area contributed by atoms with Gasteiger partial charge in [-0.3, -0.25) is 4.79 Å². The minimum absolute atomic E-state index is 0.0279. The van der Waals surface area contributed by atoms with E-state index in [1.807, 2.05) is 52.0 Å². The number of sulfonamides is 1. The molecular formula is C24H31BrN2O3S. The van der Waals surface area contributed by atoms with Gasteiger partial charge in [0.2, 0.25) is 15.9 Å². The molecule has 1 aliphatic heterocycles. The number of carbonyl (C=O) groups excluding carboxylic acids is 1. The second-order valence-electron chi connectivity index (χ2n) is 8.51. The monoisotopic (exact) mass is 506 g/mol. The van der Waals surface area contributed by atoms with Gasteiger partial charge in [0.1, 0.15) is 0 Å². The number of aryl methyl sites for hydroxylation is 5. The lowest BCUT2D eigenvalue weighted by atomic mass is 9.96. The summed E-state index contributed by atoms with van der Waals surface area (Å²) >= 11 is 3.51. The first kappa shape index (κ1) is 24.0. The molecule has 0 aliphatic carbocycles. The molecule has 1 N–H and O–H groups in total. The molecule has 0 spiro atoms. The number of rotatable bonds is 5. The van der Waals surface area contributed by atoms with Crippen LogP contribution < -0.4 is 5.32 Å². The van der Waals surface area contributed by atoms with Gasteiger partial charge >= 0.3 is 0 Å². The fourth-order valence-corrected chi connectivity index (χ4v) is 7.06. The van der Waals surface area contributed by atoms with Crippen LogP contribution in [0.1, 0.15) is 47.6 Å². The zero-order chi connectivity index (χ0) is 22.9. The first-order valence-electron chi connectivity index (χ1n) is 10.7. The normalized spacial score (nSPS) is 15.8. The molecule has 31 heavy (non-hydrogen) atoms. The molecule has 0 unspecified atom stereocenters. The molecule has 1 amide bonds. The summed E-state index contributed by atoms with van der Waals surface area (Å²) < 4.78 is 29.1. The Morgan fingerprint density at radius 2 is 1.61 bits per heavy atom. The summed E-state index contributed by atoms with van der Waals surface area (Å²) in [7, 11) is -3.57. The molecule has 1 aliphatic rings. The van der Waals surface area contributed by atoms with Crippen molar-refractivity contribution in [2.24, 2.45) is 5.92 Å². The van der Waals surface area contributed by atoms with Crippen LogP contribution >= 0.6 is 15.9 Å². The van der Waals surface area contributed by atoms with E-state index in [0.717, 1.165) is 44.4 Å². The van der Waals surface area contributed by atoms with E-state index in [1.165, 1.54) is 4.31 Å². The van der Waals surface area contributed by atoms with Gasteiger partial charge in [-0.15, -0.1) is 0 Å². The average Bonchev–Trinajstić information content (AvgIpc) is 2.68. The lowest BCUT2D eigenvalue weighted by Gasteiger charge is -2.31. The van der Waals surface area contributed by atoms with Crippen molar-refractivity contribution in [3.05, 3.63) is 56.6 Å². The van der Waals surface area contributed by atoms with E-state index in [4.69, 9.17) is 0 Å². The third-order valence-corrected chi connectivity index (χ3v) is 8.70. The Bertz CT molecular complexity index is 1080. The van der Waals surface area contributed by atoms with Crippen LogP contribution in [-0.2, 0) is 21.2 Å². The van der Waals surface area contributed by atoms with Crippen LogP contribution in [-0.4, -0.2) is 31.7 Å². The molecule has 1 heterocycles. The summed E-state index contributed by atoms with van der Waals surface area (Å²) in [5, 5.41) is 3.11. The van der Waals surface area contributed by atoms with E-state index in [9.17, 15) is 13.2 Å². The predicted octanol–water partition coefficient (Wildman–Crippen LogP) is 5.28. The molecule has 1 saturated heterocycles. The van der Waals surface area contributed by atoms with Crippen LogP contribution in [0.5, 0.6) is 0 Å². The van der Waals surface area contributed by atoms with Gasteiger partial charge < -0.3 is 5.32 Å². The predicted molar refractivity (Wildman–Crippen MR) is 129 cm³/mol. The highest BCUT2D eigenvalue weighted by molar-refractivity contribution is 9.10. The zero-order valence-electron chi connectivity index (χ0n) is 18.9. The summed E-state index contributed by atoms with van der Waals surface area (Å²) in [6.07, 6.45) is 1.86. The summed E-state index contributed by atoms with van der Waals surface area (Å²) in [6.45, 7) is 10.4. The van der Waals surface area contributed by atoms with Crippen molar-refractivity contribution in [3.8, 4) is 0 Å². The summed E-state index contributed by atoms with van der Waals surface area (Å²) in [5.41, 5.74) is 5.58. The Morgan fingerprint density at radius 3 is 2.16 bits per heavy atom. The van der Waals surface area contributed by atoms with Crippen molar-refractivity contribution in [2.45, 2.75) is 58.8 Å². The number of halogens is 1. The van der Waals surface area contributed by atoms with E-state index in [2.05, 4.69) is 28.2 Å². The maximum absolute atomic E-state index is 13.3. The van der Waals surface area contributed by atoms with Crippen molar-refractivity contribution < 1.29 is 13.2 Å². The van der Waals surface area contributed by atoms with Gasteiger partial charge in [-0.1, -0.05) is 40.5 Å². The molecule has 0 radical (unpaired) electrons. The topological polar surface area (TPSA) is 66.5 Å². The van der Waals surface area contributed by atoms with Crippen LogP contribution in [0.25, 0.3) is 0 Å². The Hall–Kier alpha value is -1.70. The zero-order valence-corrected chi connectivity index (χ0v) is 21.3. The highest BCUT2D eigenvalue weighted by Crippen LogP contribution is 2.31. The highest BCUT2D eigenvalue weighted by Gasteiger charge is 2.34. The number of nitrogens with zero attached hydrogens (tertiary/aromatic N) is 1. The second-order valence-corrected chi connectivity index (χ2v) is 11.3. The van der Waals surface area contributed by atoms with Crippen molar-refractivity contribution in [3.63, 3.8) is 0 Å². The molecule has 0 saturated carbocycles. The maximum atomic E-state index is 13.3. The Labute approximate surface area is 194 Å². The molecule has 5 nitrogen and oxygen atoms in total. The third-order valence-electron chi connectivity index (χ3n) is 6.04. The van der Waals surface area contributed by atoms with Crippen LogP contribution in [0, 0.1) is 33.6 Å². The number of hydrogen-bond donors (Lipinski definition) is 1. The first-order chi connectivity index (χ1) is 14.5. The van der Waals surface area contributed by atoms with Crippen LogP contribution in [0.15, 0.2) is 33.6 Å². The number of nitrogens with one attached hydrogen (secondary N) is 1. The fraction of sp³-hybridized carbons (Fsp3) is 0.458. The summed E-state index contributed by atoms with van der Waals surface area (Å²) in [6, 6.07) is 7.85. The standard InChI is InChI=1S/C24H31BrN2O3S/c1-6-19-14-21(25)13-16(3)22(19)26-24(28)20-7-9-27(10-8-20)31(29,30)23-17(4)11-15(2)12-18(23)5/h11-14,20H,6-10H2,1-5H3,(H,26,28). The van der Waals surface area contributed by atoms with E-state index in [1.54, 1.807) is 0 Å². The van der Waals surface area contributed by atoms with E-state index in [-0.39, 0.29) is 11.8 Å². The number of anilines is 1. The van der Waals surface area contributed by atoms with Crippen LogP contribution in [0.3, 0.4) is 0 Å². The van der Waals surface area contributed by atoms with E-state index in [0.29, 0.717) is 30.8 Å². The Morgan fingerprint density at radius 1 is 1.03 bits per heavy atom. The van der Waals surface area contributed by atoms with E-state index < -0.39 is 10.0 Å². The molecule has 168 valence electrons. The fourth-order valence-electron chi connectivity index (χ4n) is 4.56. The quantitative estimate of drug-likeness (QED) is 0.599. The second kappa shape index (κ2) is 9.43. The first-order valence-corrected chi connectivity index (χ1v) is 13.0. The minimum Gasteiger partial charge on any atom is -0.325 e. The maximum Gasteiger partial charge on any atom is 0.243 e. The smallest absolute Gasteiger partial charge is 0.243 e. The molecular weight excluding hydrogens is 476 g/mol. The minimum atomic E-state index is -3.57. The number of piperidine rings is 1. The Kier molecular flexibility index (Phi) is 7.28. The van der Waals surface area contributed by atoms with Gasteiger partial charge in [-0.05, 0) is 81.3 Å². The molecule has 3 rings (SSSR count). The van der Waals surface area contributed by atoms with Gasteiger partial charge in [0, 0.05) is 29.2 Å². The summed E-state index contributed by atoms with van der Waals surface area (Å²) in [5.74, 6) is -0.223. The van der Waals surface area contributed by atoms with Gasteiger partial charge in [-0.2, -0.15) is 4.31 Å². The van der Waals surface area contributed by atoms with Crippen molar-refractivity contribution in [2.75, 3.05) is 18.4 Å². The number of amides is 1. The molecule has 0 atom stereocenters. The van der Waals surface area contributed by atoms with Crippen molar-refractivity contribution in [1.82, 2.24) is 4.31 Å². The van der Waals surface area contributed by atoms with Crippen LogP contribution in [0.2, 0.25) is 0 Å². The lowest BCUT2D eigenvalue weighted by Crippen LogP contribution is -2.41. The molecule has 0 bridgehead atoms. The Balaban J connectivity index is 1.72. The van der Waals surface area contributed by atoms with Gasteiger partial charge in [0.15, 0.2) is 0 Å².